The first-order valence-electron chi connectivity index (χ1n) is 9.70. The Hall–Kier alpha value is -2.53. The van der Waals surface area contributed by atoms with Gasteiger partial charge in [0.05, 0.1) is 18.3 Å². The van der Waals surface area contributed by atoms with Gasteiger partial charge in [0.1, 0.15) is 5.75 Å². The van der Waals surface area contributed by atoms with Gasteiger partial charge in [-0.15, -0.1) is 0 Å². The summed E-state index contributed by atoms with van der Waals surface area (Å²) in [4.78, 5) is 16.8. The number of amides is 1. The average molecular weight is 367 g/mol. The van der Waals surface area contributed by atoms with E-state index in [2.05, 4.69) is 46.3 Å². The van der Waals surface area contributed by atoms with Crippen molar-refractivity contribution in [2.75, 3.05) is 37.6 Å². The van der Waals surface area contributed by atoms with E-state index in [9.17, 15) is 9.90 Å². The van der Waals surface area contributed by atoms with Crippen molar-refractivity contribution in [2.45, 2.75) is 26.3 Å². The number of aromatic hydroxyl groups is 1. The van der Waals surface area contributed by atoms with Crippen LogP contribution in [0.2, 0.25) is 0 Å². The molecule has 2 aromatic carbocycles. The van der Waals surface area contributed by atoms with Crippen LogP contribution in [-0.4, -0.2) is 48.6 Å². The molecule has 3 rings (SSSR count). The first-order valence-corrected chi connectivity index (χ1v) is 9.70. The highest BCUT2D eigenvalue weighted by atomic mass is 16.3. The van der Waals surface area contributed by atoms with Crippen molar-refractivity contribution in [1.29, 1.82) is 0 Å². The van der Waals surface area contributed by atoms with Crippen LogP contribution < -0.4 is 10.2 Å². The molecule has 1 atom stereocenters. The van der Waals surface area contributed by atoms with Gasteiger partial charge in [-0.05, 0) is 36.6 Å². The Kier molecular flexibility index (Phi) is 6.35. The number of phenolic OH excluding ortho intramolecular Hbond substituents is 1. The Morgan fingerprint density at radius 2 is 1.74 bits per heavy atom. The molecule has 1 fully saturated rings. The van der Waals surface area contributed by atoms with Gasteiger partial charge in [0.25, 0.3) is 0 Å². The van der Waals surface area contributed by atoms with Crippen molar-refractivity contribution in [2.24, 2.45) is 0 Å². The van der Waals surface area contributed by atoms with Crippen molar-refractivity contribution in [1.82, 2.24) is 10.2 Å². The monoisotopic (exact) mass is 367 g/mol. The highest BCUT2D eigenvalue weighted by Gasteiger charge is 2.21. The van der Waals surface area contributed by atoms with E-state index in [4.69, 9.17) is 0 Å². The molecule has 27 heavy (non-hydrogen) atoms. The summed E-state index contributed by atoms with van der Waals surface area (Å²) in [5.41, 5.74) is 3.30. The lowest BCUT2D eigenvalue weighted by atomic mass is 10.1. The number of carbonyl (C=O) groups excluding carboxylic acids is 1. The summed E-state index contributed by atoms with van der Waals surface area (Å²) >= 11 is 0. The van der Waals surface area contributed by atoms with Crippen molar-refractivity contribution >= 4 is 11.6 Å². The highest BCUT2D eigenvalue weighted by molar-refractivity contribution is 5.78. The zero-order valence-corrected chi connectivity index (χ0v) is 16.2. The normalized spacial score (nSPS) is 16.1. The van der Waals surface area contributed by atoms with Crippen molar-refractivity contribution in [3.8, 4) is 5.75 Å². The molecule has 2 N–H and O–H groups in total. The summed E-state index contributed by atoms with van der Waals surface area (Å²) in [6, 6.07) is 15.8. The molecule has 1 aliphatic rings. The zero-order chi connectivity index (χ0) is 19.2. The summed E-state index contributed by atoms with van der Waals surface area (Å²) < 4.78 is 0. The number of carbonyl (C=O) groups is 1. The lowest BCUT2D eigenvalue weighted by Crippen LogP contribution is -2.49. The van der Waals surface area contributed by atoms with E-state index in [0.717, 1.165) is 43.9 Å². The Morgan fingerprint density at radius 3 is 2.37 bits per heavy atom. The summed E-state index contributed by atoms with van der Waals surface area (Å²) in [5, 5.41) is 13.1. The summed E-state index contributed by atoms with van der Waals surface area (Å²) in [6.07, 6.45) is 1.02. The quantitative estimate of drug-likeness (QED) is 0.824. The maximum atomic E-state index is 12.4. The highest BCUT2D eigenvalue weighted by Crippen LogP contribution is 2.27. The molecule has 0 radical (unpaired) electrons. The number of hydrogen-bond acceptors (Lipinski definition) is 4. The van der Waals surface area contributed by atoms with Gasteiger partial charge >= 0.3 is 0 Å². The average Bonchev–Trinajstić information content (AvgIpc) is 2.69. The van der Waals surface area contributed by atoms with E-state index in [1.165, 1.54) is 5.56 Å². The predicted octanol–water partition coefficient (Wildman–Crippen LogP) is 2.95. The first kappa shape index (κ1) is 19.2. The lowest BCUT2D eigenvalue weighted by molar-refractivity contribution is -0.123. The number of nitrogens with zero attached hydrogens (tertiary/aromatic N) is 2. The van der Waals surface area contributed by atoms with Crippen LogP contribution in [0.25, 0.3) is 0 Å². The van der Waals surface area contributed by atoms with Crippen molar-refractivity contribution in [3.05, 3.63) is 59.7 Å². The van der Waals surface area contributed by atoms with Gasteiger partial charge in [0, 0.05) is 26.2 Å². The largest absolute Gasteiger partial charge is 0.506 e. The summed E-state index contributed by atoms with van der Waals surface area (Å²) in [5.74, 6) is 0.365. The van der Waals surface area contributed by atoms with Gasteiger partial charge < -0.3 is 15.3 Å². The maximum Gasteiger partial charge on any atom is 0.234 e. The number of benzene rings is 2. The summed E-state index contributed by atoms with van der Waals surface area (Å²) in [7, 11) is 0. The van der Waals surface area contributed by atoms with E-state index in [0.29, 0.717) is 12.3 Å². The lowest BCUT2D eigenvalue weighted by Gasteiger charge is -2.36. The Labute approximate surface area is 161 Å². The van der Waals surface area contributed by atoms with E-state index >= 15 is 0 Å². The minimum atomic E-state index is 0.00552. The Balaban J connectivity index is 1.47. The first-order chi connectivity index (χ1) is 13.1. The molecule has 0 spiro atoms. The van der Waals surface area contributed by atoms with Crippen LogP contribution in [0.1, 0.15) is 31.0 Å². The third-order valence-corrected chi connectivity index (χ3v) is 5.23. The van der Waals surface area contributed by atoms with Crippen LogP contribution in [-0.2, 0) is 11.2 Å². The molecule has 1 saturated heterocycles. The minimum absolute atomic E-state index is 0.00552. The Morgan fingerprint density at radius 1 is 1.07 bits per heavy atom. The fourth-order valence-corrected chi connectivity index (χ4v) is 3.49. The number of nitrogens with one attached hydrogen (secondary N) is 1. The standard InChI is InChI=1S/C22H29N3O2/c1-3-18-8-10-19(11-9-18)17(2)23-22(27)16-24-12-14-25(15-13-24)20-6-4-5-7-21(20)26/h4-11,17,26H,3,12-16H2,1-2H3,(H,23,27)/t17-/m0/s1. The number of anilines is 1. The van der Waals surface area contributed by atoms with E-state index in [1.54, 1.807) is 6.07 Å². The smallest absolute Gasteiger partial charge is 0.234 e. The fourth-order valence-electron chi connectivity index (χ4n) is 3.49. The fraction of sp³-hybridized carbons (Fsp3) is 0.409. The van der Waals surface area contributed by atoms with Crippen molar-refractivity contribution in [3.63, 3.8) is 0 Å². The van der Waals surface area contributed by atoms with Gasteiger partial charge in [-0.25, -0.2) is 0 Å². The SMILES string of the molecule is CCc1ccc([C@H](C)NC(=O)CN2CCN(c3ccccc3O)CC2)cc1. The van der Waals surface area contributed by atoms with E-state index in [-0.39, 0.29) is 11.9 Å². The Bertz CT molecular complexity index is 752. The molecule has 0 saturated carbocycles. The number of phenols is 1. The second kappa shape index (κ2) is 8.91. The number of rotatable bonds is 6. The molecule has 1 amide bonds. The third-order valence-electron chi connectivity index (χ3n) is 5.23. The van der Waals surface area contributed by atoms with Crippen LogP contribution in [0.3, 0.4) is 0 Å². The van der Waals surface area contributed by atoms with Crippen molar-refractivity contribution < 1.29 is 9.90 Å². The van der Waals surface area contributed by atoms with Gasteiger partial charge in [-0.3, -0.25) is 9.69 Å². The second-order valence-electron chi connectivity index (χ2n) is 7.14. The molecule has 0 bridgehead atoms. The topological polar surface area (TPSA) is 55.8 Å². The molecule has 0 aliphatic carbocycles. The molecule has 2 aromatic rings. The molecule has 1 aliphatic heterocycles. The van der Waals surface area contributed by atoms with Crippen LogP contribution in [0.4, 0.5) is 5.69 Å². The minimum Gasteiger partial charge on any atom is -0.506 e. The van der Waals surface area contributed by atoms with Gasteiger partial charge in [-0.1, -0.05) is 43.3 Å². The third kappa shape index (κ3) is 5.01. The van der Waals surface area contributed by atoms with E-state index < -0.39 is 0 Å². The van der Waals surface area contributed by atoms with Gasteiger partial charge in [0.15, 0.2) is 0 Å². The number of para-hydroxylation sites is 2. The van der Waals surface area contributed by atoms with Crippen LogP contribution in [0, 0.1) is 0 Å². The molecule has 1 heterocycles. The van der Waals surface area contributed by atoms with Gasteiger partial charge in [0.2, 0.25) is 5.91 Å². The van der Waals surface area contributed by atoms with Crippen LogP contribution >= 0.6 is 0 Å². The molecular weight excluding hydrogens is 338 g/mol. The maximum absolute atomic E-state index is 12.4. The van der Waals surface area contributed by atoms with Gasteiger partial charge in [-0.2, -0.15) is 0 Å². The summed E-state index contributed by atoms with van der Waals surface area (Å²) in [6.45, 7) is 7.79. The molecular formula is C22H29N3O2. The molecule has 0 unspecified atom stereocenters. The number of hydrogen-bond donors (Lipinski definition) is 2. The zero-order valence-electron chi connectivity index (χ0n) is 16.2. The molecule has 5 nitrogen and oxygen atoms in total. The molecule has 5 heteroatoms. The molecule has 144 valence electrons. The van der Waals surface area contributed by atoms with Crippen LogP contribution in [0.5, 0.6) is 5.75 Å². The predicted molar refractivity (Wildman–Crippen MR) is 109 cm³/mol. The molecule has 0 aromatic heterocycles. The number of piperazine rings is 1. The van der Waals surface area contributed by atoms with Crippen LogP contribution in [0.15, 0.2) is 48.5 Å². The van der Waals surface area contributed by atoms with E-state index in [1.807, 2.05) is 25.1 Å². The second-order valence-corrected chi connectivity index (χ2v) is 7.14. The number of aryl methyl sites for hydroxylation is 1.